The van der Waals surface area contributed by atoms with Crippen LogP contribution in [0.3, 0.4) is 0 Å². The van der Waals surface area contributed by atoms with Crippen molar-refractivity contribution in [3.8, 4) is 0 Å². The number of aromatic nitrogens is 1. The molecule has 0 spiro atoms. The molecule has 1 N–H and O–H groups in total. The van der Waals surface area contributed by atoms with Gasteiger partial charge in [-0.15, -0.1) is 0 Å². The molecule has 2 rings (SSSR count). The molecule has 1 heterocycles. The van der Waals surface area contributed by atoms with E-state index in [-0.39, 0.29) is 6.61 Å². The van der Waals surface area contributed by atoms with Crippen molar-refractivity contribution in [1.82, 2.24) is 4.98 Å². The SMILES string of the molecule is OCCN(c1cccc(Cl)n1)C1CCCC1. The van der Waals surface area contributed by atoms with Crippen molar-refractivity contribution in [2.75, 3.05) is 18.1 Å². The molecule has 0 unspecified atom stereocenters. The summed E-state index contributed by atoms with van der Waals surface area (Å²) >= 11 is 5.90. The van der Waals surface area contributed by atoms with E-state index in [9.17, 15) is 0 Å². The standard InChI is InChI=1S/C12H17ClN2O/c13-11-6-3-7-12(14-11)15(8-9-16)10-4-1-2-5-10/h3,6-7,10,16H,1-2,4-5,8-9H2. The molecule has 1 aromatic heterocycles. The molecule has 1 aromatic rings. The summed E-state index contributed by atoms with van der Waals surface area (Å²) in [6.07, 6.45) is 4.92. The molecule has 0 radical (unpaired) electrons. The number of anilines is 1. The van der Waals surface area contributed by atoms with Gasteiger partial charge in [0.1, 0.15) is 11.0 Å². The summed E-state index contributed by atoms with van der Waals surface area (Å²) in [5, 5.41) is 9.64. The molecule has 0 aliphatic heterocycles. The summed E-state index contributed by atoms with van der Waals surface area (Å²) in [6.45, 7) is 0.794. The topological polar surface area (TPSA) is 36.4 Å². The lowest BCUT2D eigenvalue weighted by Gasteiger charge is -2.29. The maximum Gasteiger partial charge on any atom is 0.131 e. The molecule has 1 aliphatic carbocycles. The highest BCUT2D eigenvalue weighted by Crippen LogP contribution is 2.27. The van der Waals surface area contributed by atoms with Crippen LogP contribution in [0.5, 0.6) is 0 Å². The quantitative estimate of drug-likeness (QED) is 0.822. The fourth-order valence-electron chi connectivity index (χ4n) is 2.37. The van der Waals surface area contributed by atoms with Crippen LogP contribution in [0.25, 0.3) is 0 Å². The summed E-state index contributed by atoms with van der Waals surface area (Å²) < 4.78 is 0. The van der Waals surface area contributed by atoms with E-state index >= 15 is 0 Å². The summed E-state index contributed by atoms with van der Waals surface area (Å²) in [6, 6.07) is 6.15. The molecule has 0 amide bonds. The van der Waals surface area contributed by atoms with E-state index < -0.39 is 0 Å². The lowest BCUT2D eigenvalue weighted by molar-refractivity contribution is 0.297. The summed E-state index contributed by atoms with van der Waals surface area (Å²) in [5.41, 5.74) is 0. The van der Waals surface area contributed by atoms with Crippen molar-refractivity contribution in [2.45, 2.75) is 31.7 Å². The second kappa shape index (κ2) is 5.51. The highest BCUT2D eigenvalue weighted by molar-refractivity contribution is 6.29. The molecule has 0 atom stereocenters. The number of rotatable bonds is 4. The Morgan fingerprint density at radius 1 is 1.38 bits per heavy atom. The normalized spacial score (nSPS) is 16.6. The lowest BCUT2D eigenvalue weighted by atomic mass is 10.2. The van der Waals surface area contributed by atoms with Gasteiger partial charge in [0.2, 0.25) is 0 Å². The molecule has 1 aliphatic rings. The highest BCUT2D eigenvalue weighted by Gasteiger charge is 2.23. The van der Waals surface area contributed by atoms with E-state index in [1.165, 1.54) is 25.7 Å². The van der Waals surface area contributed by atoms with Crippen molar-refractivity contribution in [3.05, 3.63) is 23.4 Å². The molecule has 1 fully saturated rings. The molecule has 3 nitrogen and oxygen atoms in total. The average molecular weight is 241 g/mol. The van der Waals surface area contributed by atoms with Crippen LogP contribution in [0.15, 0.2) is 18.2 Å². The van der Waals surface area contributed by atoms with Crippen LogP contribution in [0, 0.1) is 0 Å². The van der Waals surface area contributed by atoms with Gasteiger partial charge in [0, 0.05) is 12.6 Å². The summed E-state index contributed by atoms with van der Waals surface area (Å²) in [4.78, 5) is 6.50. The first-order chi connectivity index (χ1) is 7.81. The molecular formula is C12H17ClN2O. The molecule has 1 saturated carbocycles. The minimum absolute atomic E-state index is 0.157. The Labute approximate surface area is 101 Å². The van der Waals surface area contributed by atoms with Gasteiger partial charge in [0.05, 0.1) is 6.61 Å². The maximum atomic E-state index is 9.13. The third-order valence-corrected chi connectivity index (χ3v) is 3.31. The smallest absolute Gasteiger partial charge is 0.131 e. The van der Waals surface area contributed by atoms with E-state index in [0.29, 0.717) is 17.7 Å². The number of halogens is 1. The second-order valence-corrected chi connectivity index (χ2v) is 4.56. The number of pyridine rings is 1. The first-order valence-electron chi connectivity index (χ1n) is 5.81. The zero-order valence-corrected chi connectivity index (χ0v) is 10.0. The number of hydrogen-bond donors (Lipinski definition) is 1. The highest BCUT2D eigenvalue weighted by atomic mass is 35.5. The first-order valence-corrected chi connectivity index (χ1v) is 6.19. The molecule has 0 bridgehead atoms. The zero-order valence-electron chi connectivity index (χ0n) is 9.27. The van der Waals surface area contributed by atoms with Crippen molar-refractivity contribution >= 4 is 17.4 Å². The summed E-state index contributed by atoms with van der Waals surface area (Å²) in [5.74, 6) is 0.883. The Kier molecular flexibility index (Phi) is 4.02. The van der Waals surface area contributed by atoms with E-state index in [2.05, 4.69) is 9.88 Å². The van der Waals surface area contributed by atoms with Crippen LogP contribution in [0.4, 0.5) is 5.82 Å². The van der Waals surface area contributed by atoms with Crippen LogP contribution in [-0.4, -0.2) is 29.3 Å². The Bertz CT molecular complexity index is 340. The number of nitrogens with zero attached hydrogens (tertiary/aromatic N) is 2. The van der Waals surface area contributed by atoms with E-state index in [0.717, 1.165) is 5.82 Å². The molecule has 16 heavy (non-hydrogen) atoms. The molecule has 0 aromatic carbocycles. The van der Waals surface area contributed by atoms with Crippen LogP contribution in [0.2, 0.25) is 5.15 Å². The largest absolute Gasteiger partial charge is 0.395 e. The Hall–Kier alpha value is -0.800. The van der Waals surface area contributed by atoms with Gasteiger partial charge < -0.3 is 10.0 Å². The molecule has 4 heteroatoms. The second-order valence-electron chi connectivity index (χ2n) is 4.17. The van der Waals surface area contributed by atoms with Crippen molar-refractivity contribution in [1.29, 1.82) is 0 Å². The van der Waals surface area contributed by atoms with E-state index in [4.69, 9.17) is 16.7 Å². The van der Waals surface area contributed by atoms with Crippen molar-refractivity contribution in [2.24, 2.45) is 0 Å². The van der Waals surface area contributed by atoms with Crippen molar-refractivity contribution in [3.63, 3.8) is 0 Å². The zero-order chi connectivity index (χ0) is 11.4. The third-order valence-electron chi connectivity index (χ3n) is 3.10. The van der Waals surface area contributed by atoms with E-state index in [1.807, 2.05) is 12.1 Å². The van der Waals surface area contributed by atoms with E-state index in [1.54, 1.807) is 6.07 Å². The van der Waals surface area contributed by atoms with Gasteiger partial charge in [-0.2, -0.15) is 0 Å². The number of aliphatic hydroxyl groups is 1. The van der Waals surface area contributed by atoms with Crippen LogP contribution >= 0.6 is 11.6 Å². The van der Waals surface area contributed by atoms with Gasteiger partial charge in [-0.25, -0.2) is 4.98 Å². The Morgan fingerprint density at radius 3 is 2.75 bits per heavy atom. The minimum atomic E-state index is 0.157. The predicted molar refractivity (Wildman–Crippen MR) is 65.9 cm³/mol. The predicted octanol–water partition coefficient (Wildman–Crippen LogP) is 2.48. The Morgan fingerprint density at radius 2 is 2.12 bits per heavy atom. The first kappa shape index (κ1) is 11.7. The van der Waals surface area contributed by atoms with Crippen LogP contribution in [-0.2, 0) is 0 Å². The van der Waals surface area contributed by atoms with Crippen LogP contribution < -0.4 is 4.90 Å². The Balaban J connectivity index is 2.17. The minimum Gasteiger partial charge on any atom is -0.395 e. The van der Waals surface area contributed by atoms with Gasteiger partial charge in [0.25, 0.3) is 0 Å². The fraction of sp³-hybridized carbons (Fsp3) is 0.583. The molecular weight excluding hydrogens is 224 g/mol. The van der Waals surface area contributed by atoms with Gasteiger partial charge >= 0.3 is 0 Å². The molecule has 88 valence electrons. The third kappa shape index (κ3) is 2.66. The number of hydrogen-bond acceptors (Lipinski definition) is 3. The maximum absolute atomic E-state index is 9.13. The molecule has 0 saturated heterocycles. The van der Waals surface area contributed by atoms with Crippen LogP contribution in [0.1, 0.15) is 25.7 Å². The summed E-state index contributed by atoms with van der Waals surface area (Å²) in [7, 11) is 0. The van der Waals surface area contributed by atoms with Gasteiger partial charge in [0.15, 0.2) is 0 Å². The average Bonchev–Trinajstić information content (AvgIpc) is 2.79. The van der Waals surface area contributed by atoms with Gasteiger partial charge in [-0.1, -0.05) is 30.5 Å². The number of aliphatic hydroxyl groups excluding tert-OH is 1. The lowest BCUT2D eigenvalue weighted by Crippen LogP contribution is -2.36. The van der Waals surface area contributed by atoms with Gasteiger partial charge in [-0.3, -0.25) is 0 Å². The monoisotopic (exact) mass is 240 g/mol. The fourth-order valence-corrected chi connectivity index (χ4v) is 2.52. The van der Waals surface area contributed by atoms with Gasteiger partial charge in [-0.05, 0) is 25.0 Å². The van der Waals surface area contributed by atoms with Crippen molar-refractivity contribution < 1.29 is 5.11 Å².